The van der Waals surface area contributed by atoms with E-state index < -0.39 is 6.09 Å². The van der Waals surface area contributed by atoms with Gasteiger partial charge in [0, 0.05) is 33.3 Å². The van der Waals surface area contributed by atoms with Gasteiger partial charge >= 0.3 is 6.09 Å². The molecule has 0 aliphatic heterocycles. The van der Waals surface area contributed by atoms with Crippen molar-refractivity contribution in [2.24, 2.45) is 0 Å². The lowest BCUT2D eigenvalue weighted by molar-refractivity contribution is 0.194. The molecule has 4 N–H and O–H groups in total. The number of methoxy groups -OCH3 is 1. The third-order valence-electron chi connectivity index (χ3n) is 1.98. The fraction of sp³-hybridized carbons (Fsp3) is 0.727. The Hall–Kier alpha value is -1.11. The van der Waals surface area contributed by atoms with E-state index in [1.165, 1.54) is 0 Å². The lowest BCUT2D eigenvalue weighted by Crippen LogP contribution is -2.30. The van der Waals surface area contributed by atoms with Gasteiger partial charge in [0.1, 0.15) is 0 Å². The highest BCUT2D eigenvalue weighted by Gasteiger charge is 1.92. The number of rotatable bonds is 11. The van der Waals surface area contributed by atoms with Gasteiger partial charge in [-0.1, -0.05) is 12.2 Å². The van der Waals surface area contributed by atoms with Crippen LogP contribution >= 0.6 is 0 Å². The Bertz CT molecular complexity index is 210. The number of hydrogen-bond acceptors (Lipinski definition) is 4. The highest BCUT2D eigenvalue weighted by molar-refractivity contribution is 5.64. The van der Waals surface area contributed by atoms with Crippen molar-refractivity contribution in [3.8, 4) is 0 Å². The van der Waals surface area contributed by atoms with Crippen molar-refractivity contribution < 1.29 is 14.6 Å². The van der Waals surface area contributed by atoms with Crippen LogP contribution in [-0.4, -0.2) is 57.6 Å². The second-order valence-corrected chi connectivity index (χ2v) is 3.47. The first-order valence-electron chi connectivity index (χ1n) is 5.79. The number of hydrogen-bond donors (Lipinski definition) is 4. The molecule has 6 heteroatoms. The maximum atomic E-state index is 10.1. The van der Waals surface area contributed by atoms with Crippen LogP contribution < -0.4 is 16.0 Å². The van der Waals surface area contributed by atoms with Gasteiger partial charge in [-0.3, -0.25) is 0 Å². The molecule has 0 heterocycles. The molecule has 0 fully saturated rings. The van der Waals surface area contributed by atoms with Crippen LogP contribution in [-0.2, 0) is 4.74 Å². The molecule has 0 aliphatic carbocycles. The van der Waals surface area contributed by atoms with Crippen molar-refractivity contribution in [3.63, 3.8) is 0 Å². The molecule has 0 aromatic carbocycles. The van der Waals surface area contributed by atoms with E-state index in [2.05, 4.69) is 16.0 Å². The Morgan fingerprint density at radius 1 is 1.18 bits per heavy atom. The van der Waals surface area contributed by atoms with Crippen LogP contribution in [0.2, 0.25) is 0 Å². The highest BCUT2D eigenvalue weighted by atomic mass is 16.5. The van der Waals surface area contributed by atoms with E-state index in [0.717, 1.165) is 32.6 Å². The zero-order chi connectivity index (χ0) is 12.8. The summed E-state index contributed by atoms with van der Waals surface area (Å²) in [6, 6.07) is 0. The third-order valence-corrected chi connectivity index (χ3v) is 1.98. The largest absolute Gasteiger partial charge is 0.465 e. The molecular formula is C11H23N3O3. The summed E-state index contributed by atoms with van der Waals surface area (Å²) in [6.07, 6.45) is 3.84. The van der Waals surface area contributed by atoms with Gasteiger partial charge in [0.2, 0.25) is 0 Å². The molecule has 0 spiro atoms. The van der Waals surface area contributed by atoms with Crippen molar-refractivity contribution in [2.45, 2.75) is 6.42 Å². The average molecular weight is 245 g/mol. The molecule has 0 unspecified atom stereocenters. The highest BCUT2D eigenvalue weighted by Crippen LogP contribution is 1.74. The molecule has 6 nitrogen and oxygen atoms in total. The van der Waals surface area contributed by atoms with Crippen LogP contribution in [0.4, 0.5) is 4.79 Å². The Morgan fingerprint density at radius 3 is 2.65 bits per heavy atom. The maximum absolute atomic E-state index is 10.1. The zero-order valence-electron chi connectivity index (χ0n) is 10.4. The lowest BCUT2D eigenvalue weighted by Gasteiger charge is -2.05. The van der Waals surface area contributed by atoms with Crippen LogP contribution in [0.25, 0.3) is 0 Å². The summed E-state index contributed by atoms with van der Waals surface area (Å²) in [6.45, 7) is 4.58. The Kier molecular flexibility index (Phi) is 12.1. The summed E-state index contributed by atoms with van der Waals surface area (Å²) in [5, 5.41) is 17.1. The molecule has 17 heavy (non-hydrogen) atoms. The Balaban J connectivity index is 3.01. The molecular weight excluding hydrogens is 222 g/mol. The Labute approximate surface area is 102 Å². The van der Waals surface area contributed by atoms with E-state index >= 15 is 0 Å². The average Bonchev–Trinajstić information content (AvgIpc) is 2.30. The van der Waals surface area contributed by atoms with Gasteiger partial charge in [-0.05, 0) is 13.0 Å². The van der Waals surface area contributed by atoms with E-state index in [9.17, 15) is 4.79 Å². The van der Waals surface area contributed by atoms with E-state index in [-0.39, 0.29) is 0 Å². The molecule has 0 bridgehead atoms. The van der Waals surface area contributed by atoms with Crippen molar-refractivity contribution in [1.82, 2.24) is 16.0 Å². The van der Waals surface area contributed by atoms with E-state index in [4.69, 9.17) is 9.84 Å². The monoisotopic (exact) mass is 245 g/mol. The fourth-order valence-electron chi connectivity index (χ4n) is 1.14. The molecule has 0 radical (unpaired) electrons. The molecule has 0 atom stereocenters. The third kappa shape index (κ3) is 14.9. The molecule has 100 valence electrons. The fourth-order valence-corrected chi connectivity index (χ4v) is 1.14. The van der Waals surface area contributed by atoms with Crippen LogP contribution in [0.3, 0.4) is 0 Å². The van der Waals surface area contributed by atoms with Crippen molar-refractivity contribution in [3.05, 3.63) is 12.2 Å². The minimum atomic E-state index is -0.963. The minimum absolute atomic E-state index is 0.496. The van der Waals surface area contributed by atoms with Crippen LogP contribution in [0, 0.1) is 0 Å². The summed E-state index contributed by atoms with van der Waals surface area (Å²) >= 11 is 0. The number of nitrogens with one attached hydrogen (secondary N) is 3. The first-order chi connectivity index (χ1) is 8.27. The summed E-state index contributed by atoms with van der Waals surface area (Å²) in [7, 11) is 1.67. The number of carboxylic acid groups (broad SMARTS) is 1. The van der Waals surface area contributed by atoms with Gasteiger partial charge in [0.15, 0.2) is 0 Å². The molecule has 0 aromatic rings. The van der Waals surface area contributed by atoms with Crippen molar-refractivity contribution >= 4 is 6.09 Å². The predicted molar refractivity (Wildman–Crippen MR) is 67.4 cm³/mol. The molecule has 1 amide bonds. The molecule has 0 aromatic heterocycles. The van der Waals surface area contributed by atoms with Gasteiger partial charge in [0.25, 0.3) is 0 Å². The van der Waals surface area contributed by atoms with Crippen LogP contribution in [0.5, 0.6) is 0 Å². The first-order valence-corrected chi connectivity index (χ1v) is 5.79. The van der Waals surface area contributed by atoms with E-state index in [0.29, 0.717) is 13.2 Å². The van der Waals surface area contributed by atoms with Gasteiger partial charge in [0.05, 0.1) is 6.61 Å². The Morgan fingerprint density at radius 2 is 1.94 bits per heavy atom. The molecule has 0 saturated heterocycles. The second-order valence-electron chi connectivity index (χ2n) is 3.47. The van der Waals surface area contributed by atoms with Crippen molar-refractivity contribution in [1.29, 1.82) is 0 Å². The number of carbonyl (C=O) groups is 1. The van der Waals surface area contributed by atoms with Crippen LogP contribution in [0.1, 0.15) is 6.42 Å². The lowest BCUT2D eigenvalue weighted by atomic mass is 10.4. The maximum Gasteiger partial charge on any atom is 0.404 e. The molecule has 0 rings (SSSR count). The standard InChI is InChI=1S/C11H23N3O3/c1-17-10-3-2-5-12-8-9-13-6-4-7-14-11(15)16/h2-3,12-14H,4-10H2,1H3,(H,15,16)/b3-2+. The molecule has 0 aliphatic rings. The quantitative estimate of drug-likeness (QED) is 0.305. The summed E-state index contributed by atoms with van der Waals surface area (Å²) < 4.78 is 4.87. The summed E-state index contributed by atoms with van der Waals surface area (Å²) in [5.41, 5.74) is 0. The van der Waals surface area contributed by atoms with Gasteiger partial charge in [-0.15, -0.1) is 0 Å². The van der Waals surface area contributed by atoms with E-state index in [1.807, 2.05) is 12.2 Å². The van der Waals surface area contributed by atoms with Crippen LogP contribution in [0.15, 0.2) is 12.2 Å². The smallest absolute Gasteiger partial charge is 0.404 e. The predicted octanol–water partition coefficient (Wildman–Crippen LogP) is 0.0259. The topological polar surface area (TPSA) is 82.6 Å². The molecule has 0 saturated carbocycles. The minimum Gasteiger partial charge on any atom is -0.465 e. The summed E-state index contributed by atoms with van der Waals surface area (Å²) in [4.78, 5) is 10.1. The van der Waals surface area contributed by atoms with E-state index in [1.54, 1.807) is 7.11 Å². The normalized spacial score (nSPS) is 10.9. The second kappa shape index (κ2) is 13.0. The van der Waals surface area contributed by atoms with Crippen molar-refractivity contribution in [2.75, 3.05) is 46.4 Å². The number of amides is 1. The SMILES string of the molecule is COC/C=C/CNCCNCCCNC(=O)O. The first kappa shape index (κ1) is 15.9. The van der Waals surface area contributed by atoms with Gasteiger partial charge in [-0.25, -0.2) is 4.79 Å². The van der Waals surface area contributed by atoms with Gasteiger partial charge in [-0.2, -0.15) is 0 Å². The van der Waals surface area contributed by atoms with Gasteiger partial charge < -0.3 is 25.8 Å². The number of ether oxygens (including phenoxy) is 1. The zero-order valence-corrected chi connectivity index (χ0v) is 10.4. The summed E-state index contributed by atoms with van der Waals surface area (Å²) in [5.74, 6) is 0.